The van der Waals surface area contributed by atoms with Gasteiger partial charge in [-0.1, -0.05) is 71.9 Å². The van der Waals surface area contributed by atoms with Crippen molar-refractivity contribution in [2.45, 2.75) is 106 Å². The number of hydrogen-bond acceptors (Lipinski definition) is 11. The molecular formula is C51H62N6O10S3. The standard InChI is InChI=1S/C51H62N6O10S3/c1-27-19-29(3)48(55-43(58)25-50(7,8)9)31(5)46(27)53-36-23-39-34(21-38(36)57(14)68(60)61)45(33-17-15-16-18-41(33)70(64,65)66)35-22-42(69(62,63)52-13)37(24-40(35)67-39)54-47-28(2)20-30(4)49(32(47)6)56-44(59)26-51(10,11)12/h15-24,52-53,68H,25-26H2,1-14H3,(H,55,58)(H,56,59)(H,64,65,66)/b54-37+. The molecular weight excluding hydrogens is 953 g/mol. The quantitative estimate of drug-likeness (QED) is 0.0362. The van der Waals surface area contributed by atoms with E-state index in [2.05, 4.69) is 20.7 Å². The van der Waals surface area contributed by atoms with Gasteiger partial charge in [-0.05, 0) is 111 Å². The van der Waals surface area contributed by atoms with Gasteiger partial charge >= 0.3 is 0 Å². The Morgan fingerprint density at radius 1 is 0.714 bits per heavy atom. The van der Waals surface area contributed by atoms with Crippen LogP contribution in [0.25, 0.3) is 33.4 Å². The lowest BCUT2D eigenvalue weighted by Gasteiger charge is -2.25. The molecule has 4 aromatic rings. The van der Waals surface area contributed by atoms with Crippen LogP contribution in [0.5, 0.6) is 0 Å². The van der Waals surface area contributed by atoms with Crippen LogP contribution in [0.3, 0.4) is 0 Å². The van der Waals surface area contributed by atoms with Gasteiger partial charge in [0.2, 0.25) is 32.7 Å². The summed E-state index contributed by atoms with van der Waals surface area (Å²) in [4.78, 5) is 30.5. The lowest BCUT2D eigenvalue weighted by molar-refractivity contribution is -0.118. The first-order chi connectivity index (χ1) is 32.3. The third-order valence-corrected chi connectivity index (χ3v) is 14.9. The average Bonchev–Trinajstić information content (AvgIpc) is 3.23. The molecule has 70 heavy (non-hydrogen) atoms. The molecule has 374 valence electrons. The number of fused-ring (bicyclic) bond motifs is 2. The van der Waals surface area contributed by atoms with Crippen LogP contribution in [0, 0.1) is 52.4 Å². The fourth-order valence-corrected chi connectivity index (χ4v) is 10.6. The largest absolute Gasteiger partial charge is 0.456 e. The molecule has 16 nitrogen and oxygen atoms in total. The zero-order chi connectivity index (χ0) is 52.2. The SMILES string of the molecule is CNS(=O)(=O)c1cc2c(-c3ccccc3S(=O)(=O)O)c3cc(N(C)[SH](=O)=O)c(Nc4c(C)cc(C)c(NC(=O)CC(C)(C)C)c4C)cc3oc-2c/c1=N\c1c(C)cc(C)c(NC(=O)CC(C)(C)C)c1C. The molecule has 1 heterocycles. The minimum Gasteiger partial charge on any atom is -0.456 e. The summed E-state index contributed by atoms with van der Waals surface area (Å²) in [7, 11) is -10.0. The summed E-state index contributed by atoms with van der Waals surface area (Å²) in [5.41, 5.74) is 6.28. The highest BCUT2D eigenvalue weighted by molar-refractivity contribution is 7.89. The minimum atomic E-state index is -4.93. The number of carbonyl (C=O) groups is 2. The van der Waals surface area contributed by atoms with Gasteiger partial charge in [-0.15, -0.1) is 0 Å². The first-order valence-electron chi connectivity index (χ1n) is 22.4. The summed E-state index contributed by atoms with van der Waals surface area (Å²) >= 11 is 0. The van der Waals surface area contributed by atoms with Crippen LogP contribution in [-0.4, -0.2) is 55.7 Å². The zero-order valence-corrected chi connectivity index (χ0v) is 44.5. The molecule has 0 unspecified atom stereocenters. The van der Waals surface area contributed by atoms with Crippen molar-refractivity contribution >= 4 is 87.9 Å². The van der Waals surface area contributed by atoms with Gasteiger partial charge in [-0.3, -0.25) is 18.4 Å². The number of amides is 2. The number of benzene rings is 5. The number of anilines is 5. The smallest absolute Gasteiger partial charge is 0.295 e. The Morgan fingerprint density at radius 2 is 1.26 bits per heavy atom. The molecule has 0 aromatic heterocycles. The normalized spacial score (nSPS) is 12.8. The van der Waals surface area contributed by atoms with Crippen molar-refractivity contribution in [3.8, 4) is 22.5 Å². The Morgan fingerprint density at radius 3 is 1.80 bits per heavy atom. The number of aryl methyl sites for hydroxylation is 4. The summed E-state index contributed by atoms with van der Waals surface area (Å²) < 4.78 is 101. The maximum Gasteiger partial charge on any atom is 0.295 e. The minimum absolute atomic E-state index is 0.0380. The Balaban J connectivity index is 1.74. The predicted molar refractivity (Wildman–Crippen MR) is 278 cm³/mol. The van der Waals surface area contributed by atoms with E-state index in [0.29, 0.717) is 39.4 Å². The molecule has 19 heteroatoms. The number of nitrogens with zero attached hydrogens (tertiary/aromatic N) is 2. The van der Waals surface area contributed by atoms with Gasteiger partial charge in [0.25, 0.3) is 10.1 Å². The molecule has 5 N–H and O–H groups in total. The number of carbonyl (C=O) groups excluding carboxylic acids is 2. The second-order valence-corrected chi connectivity index (χ2v) is 24.5. The molecule has 0 fully saturated rings. The van der Waals surface area contributed by atoms with E-state index in [-0.39, 0.29) is 90.5 Å². The Hall–Kier alpha value is -6.12. The fraction of sp³-hybridized carbons (Fsp3) is 0.353. The van der Waals surface area contributed by atoms with E-state index in [1.165, 1.54) is 50.5 Å². The van der Waals surface area contributed by atoms with Gasteiger partial charge in [-0.25, -0.2) is 26.6 Å². The predicted octanol–water partition coefficient (Wildman–Crippen LogP) is 9.90. The van der Waals surface area contributed by atoms with Crippen molar-refractivity contribution < 1.29 is 43.8 Å². The monoisotopic (exact) mass is 1010 g/mol. The molecule has 6 rings (SSSR count). The maximum atomic E-state index is 14.1. The van der Waals surface area contributed by atoms with Crippen LogP contribution < -0.4 is 30.3 Å². The topological polar surface area (TPSA) is 234 Å². The van der Waals surface area contributed by atoms with Crippen molar-refractivity contribution in [2.75, 3.05) is 34.4 Å². The molecule has 1 aliphatic heterocycles. The molecule has 2 aliphatic rings. The Bertz CT molecular complexity index is 3470. The summed E-state index contributed by atoms with van der Waals surface area (Å²) in [6.45, 7) is 22.8. The van der Waals surface area contributed by atoms with Crippen LogP contribution in [0.2, 0.25) is 0 Å². The van der Waals surface area contributed by atoms with Gasteiger partial charge in [0.15, 0.2) is 0 Å². The number of hydrogen-bond donors (Lipinski definition) is 6. The molecule has 0 bridgehead atoms. The molecule has 0 atom stereocenters. The zero-order valence-electron chi connectivity index (χ0n) is 42.0. The van der Waals surface area contributed by atoms with Crippen LogP contribution in [0.4, 0.5) is 34.1 Å². The second kappa shape index (κ2) is 19.6. The van der Waals surface area contributed by atoms with Crippen molar-refractivity contribution in [3.63, 3.8) is 0 Å². The molecule has 0 radical (unpaired) electrons. The average molecular weight is 1020 g/mol. The van der Waals surface area contributed by atoms with Crippen molar-refractivity contribution in [3.05, 3.63) is 99.4 Å². The fourth-order valence-electron chi connectivity index (χ4n) is 8.69. The molecule has 4 aromatic carbocycles. The number of rotatable bonds is 13. The van der Waals surface area contributed by atoms with E-state index in [4.69, 9.17) is 9.41 Å². The number of nitrogens with one attached hydrogen (secondary N) is 4. The highest BCUT2D eigenvalue weighted by Crippen LogP contribution is 2.47. The van der Waals surface area contributed by atoms with Crippen LogP contribution >= 0.6 is 0 Å². The summed E-state index contributed by atoms with van der Waals surface area (Å²) in [6, 6.07) is 15.1. The van der Waals surface area contributed by atoms with Crippen molar-refractivity contribution in [1.82, 2.24) is 4.72 Å². The second-order valence-electron chi connectivity index (χ2n) is 20.2. The van der Waals surface area contributed by atoms with Crippen LogP contribution in [0.15, 0.2) is 79.9 Å². The van der Waals surface area contributed by atoms with Crippen molar-refractivity contribution in [2.24, 2.45) is 15.8 Å². The first kappa shape index (κ1) is 53.2. The van der Waals surface area contributed by atoms with E-state index >= 15 is 0 Å². The van der Waals surface area contributed by atoms with E-state index in [0.717, 1.165) is 21.0 Å². The van der Waals surface area contributed by atoms with E-state index in [1.807, 2.05) is 88.3 Å². The molecule has 1 aliphatic carbocycles. The van der Waals surface area contributed by atoms with Crippen molar-refractivity contribution in [1.29, 1.82) is 0 Å². The van der Waals surface area contributed by atoms with Gasteiger partial charge in [0, 0.05) is 71.2 Å². The van der Waals surface area contributed by atoms with E-state index in [9.17, 15) is 39.4 Å². The summed E-state index contributed by atoms with van der Waals surface area (Å²) in [5, 5.41) is 9.58. The Labute approximate surface area is 412 Å². The molecule has 0 spiro atoms. The molecule has 0 saturated carbocycles. The van der Waals surface area contributed by atoms with E-state index in [1.54, 1.807) is 19.1 Å². The van der Waals surface area contributed by atoms with Gasteiger partial charge in [-0.2, -0.15) is 8.42 Å². The summed E-state index contributed by atoms with van der Waals surface area (Å²) in [6.07, 6.45) is 0.501. The third-order valence-electron chi connectivity index (χ3n) is 11.8. The van der Waals surface area contributed by atoms with Crippen LogP contribution in [0.1, 0.15) is 87.8 Å². The highest BCUT2D eigenvalue weighted by atomic mass is 32.2. The van der Waals surface area contributed by atoms with Crippen LogP contribution in [-0.2, 0) is 40.6 Å². The third kappa shape index (κ3) is 11.4. The van der Waals surface area contributed by atoms with Gasteiger partial charge < -0.3 is 20.4 Å². The lowest BCUT2D eigenvalue weighted by Crippen LogP contribution is -2.26. The Kier molecular flexibility index (Phi) is 14.9. The number of thiol groups is 1. The molecule has 2 amide bonds. The highest BCUT2D eigenvalue weighted by Gasteiger charge is 2.29. The first-order valence-corrected chi connectivity index (χ1v) is 26.5. The maximum absolute atomic E-state index is 14.1. The van der Waals surface area contributed by atoms with E-state index < -0.39 is 35.9 Å². The lowest BCUT2D eigenvalue weighted by atomic mass is 9.91. The van der Waals surface area contributed by atoms with Gasteiger partial charge in [0.05, 0.1) is 22.4 Å². The van der Waals surface area contributed by atoms with Gasteiger partial charge in [0.1, 0.15) is 21.1 Å². The molecule has 0 saturated heterocycles. The number of sulfonamides is 1. The summed E-state index contributed by atoms with van der Waals surface area (Å²) in [5.74, 6) is -0.349.